The Morgan fingerprint density at radius 3 is 2.57 bits per heavy atom. The van der Waals surface area contributed by atoms with E-state index in [1.807, 2.05) is 36.0 Å². The maximum atomic E-state index is 5.91. The lowest BCUT2D eigenvalue weighted by atomic mass is 10.2. The Kier molecular flexibility index (Phi) is 2.55. The lowest BCUT2D eigenvalue weighted by molar-refractivity contribution is 0.679. The van der Waals surface area contributed by atoms with Gasteiger partial charge < -0.3 is 0 Å². The number of benzene rings is 1. The van der Waals surface area contributed by atoms with E-state index in [1.165, 1.54) is 5.56 Å². The molecule has 0 aliphatic heterocycles. The summed E-state index contributed by atoms with van der Waals surface area (Å²) in [5.41, 5.74) is 2.11. The predicted octanol–water partition coefficient (Wildman–Crippen LogP) is 2.89. The molecule has 1 aromatic carbocycles. The largest absolute Gasteiger partial charge is 0.267 e. The molecule has 0 N–H and O–H groups in total. The number of aromatic nitrogens is 2. The Bertz CT molecular complexity index is 401. The average Bonchev–Trinajstić information content (AvgIpc) is 2.47. The Labute approximate surface area is 88.1 Å². The third kappa shape index (κ3) is 1.96. The second-order valence-electron chi connectivity index (χ2n) is 3.25. The predicted molar refractivity (Wildman–Crippen MR) is 57.5 cm³/mol. The van der Waals surface area contributed by atoms with Crippen LogP contribution in [0, 0.1) is 6.92 Å². The van der Waals surface area contributed by atoms with E-state index < -0.39 is 0 Å². The highest BCUT2D eigenvalue weighted by Gasteiger charge is 2.01. The van der Waals surface area contributed by atoms with Crippen LogP contribution in [0.3, 0.4) is 0 Å². The molecule has 3 heteroatoms. The summed E-state index contributed by atoms with van der Waals surface area (Å²) in [4.78, 5) is 0. The fourth-order valence-corrected chi connectivity index (χ4v) is 1.50. The summed E-state index contributed by atoms with van der Waals surface area (Å²) in [7, 11) is 0. The summed E-state index contributed by atoms with van der Waals surface area (Å²) in [5.74, 6) is 0. The molecule has 0 fully saturated rings. The summed E-state index contributed by atoms with van der Waals surface area (Å²) in [6.07, 6.45) is 1.85. The van der Waals surface area contributed by atoms with E-state index in [1.54, 1.807) is 0 Å². The van der Waals surface area contributed by atoms with Gasteiger partial charge in [-0.25, -0.2) is 0 Å². The van der Waals surface area contributed by atoms with Crippen molar-refractivity contribution in [2.45, 2.75) is 13.5 Å². The van der Waals surface area contributed by atoms with Gasteiger partial charge in [-0.2, -0.15) is 5.10 Å². The SMILES string of the molecule is Cc1nn(Cc2ccccc2)cc1Cl. The summed E-state index contributed by atoms with van der Waals surface area (Å²) >= 11 is 5.91. The van der Waals surface area contributed by atoms with E-state index in [2.05, 4.69) is 17.2 Å². The standard InChI is InChI=1S/C11H11ClN2/c1-9-11(12)8-14(13-9)7-10-5-3-2-4-6-10/h2-6,8H,7H2,1H3. The molecular formula is C11H11ClN2. The normalized spacial score (nSPS) is 10.4. The van der Waals surface area contributed by atoms with Crippen molar-refractivity contribution in [2.75, 3.05) is 0 Å². The first-order valence-corrected chi connectivity index (χ1v) is 4.87. The molecule has 0 radical (unpaired) electrons. The van der Waals surface area contributed by atoms with Crippen molar-refractivity contribution >= 4 is 11.6 Å². The van der Waals surface area contributed by atoms with Gasteiger partial charge in [-0.1, -0.05) is 41.9 Å². The number of hydrogen-bond acceptors (Lipinski definition) is 1. The van der Waals surface area contributed by atoms with Crippen LogP contribution in [0.1, 0.15) is 11.3 Å². The minimum absolute atomic E-state index is 0.723. The van der Waals surface area contributed by atoms with Crippen LogP contribution >= 0.6 is 11.6 Å². The molecular weight excluding hydrogens is 196 g/mol. The zero-order valence-electron chi connectivity index (χ0n) is 7.94. The van der Waals surface area contributed by atoms with Crippen LogP contribution in [0.15, 0.2) is 36.5 Å². The summed E-state index contributed by atoms with van der Waals surface area (Å²) in [6, 6.07) is 10.2. The third-order valence-corrected chi connectivity index (χ3v) is 2.44. The quantitative estimate of drug-likeness (QED) is 0.739. The van der Waals surface area contributed by atoms with Crippen molar-refractivity contribution in [3.05, 3.63) is 52.8 Å². The van der Waals surface area contributed by atoms with Crippen molar-refractivity contribution < 1.29 is 0 Å². The van der Waals surface area contributed by atoms with Gasteiger partial charge in [0.05, 0.1) is 17.3 Å². The van der Waals surface area contributed by atoms with Gasteiger partial charge in [0.1, 0.15) is 0 Å². The topological polar surface area (TPSA) is 17.8 Å². The molecule has 1 heterocycles. The molecule has 0 saturated carbocycles. The number of aryl methyl sites for hydroxylation is 1. The molecule has 2 rings (SSSR count). The minimum Gasteiger partial charge on any atom is -0.267 e. The van der Waals surface area contributed by atoms with Crippen LogP contribution in [0.2, 0.25) is 5.02 Å². The third-order valence-electron chi connectivity index (χ3n) is 2.07. The summed E-state index contributed by atoms with van der Waals surface area (Å²) in [6.45, 7) is 2.68. The second-order valence-corrected chi connectivity index (χ2v) is 3.65. The summed E-state index contributed by atoms with van der Waals surface area (Å²) < 4.78 is 1.85. The van der Waals surface area contributed by atoms with Crippen LogP contribution in [-0.4, -0.2) is 9.78 Å². The number of hydrogen-bond donors (Lipinski definition) is 0. The zero-order chi connectivity index (χ0) is 9.97. The van der Waals surface area contributed by atoms with Gasteiger partial charge >= 0.3 is 0 Å². The molecule has 0 atom stereocenters. The molecule has 1 aromatic heterocycles. The van der Waals surface area contributed by atoms with Crippen LogP contribution in [0.5, 0.6) is 0 Å². The molecule has 72 valence electrons. The zero-order valence-corrected chi connectivity index (χ0v) is 8.70. The lowest BCUT2D eigenvalue weighted by Crippen LogP contribution is -1.99. The molecule has 0 bridgehead atoms. The van der Waals surface area contributed by atoms with E-state index in [4.69, 9.17) is 11.6 Å². The molecule has 2 nitrogen and oxygen atoms in total. The van der Waals surface area contributed by atoms with Gasteiger partial charge in [0.25, 0.3) is 0 Å². The Balaban J connectivity index is 2.19. The van der Waals surface area contributed by atoms with Gasteiger partial charge in [-0.15, -0.1) is 0 Å². The van der Waals surface area contributed by atoms with Crippen molar-refractivity contribution in [3.8, 4) is 0 Å². The fourth-order valence-electron chi connectivity index (χ4n) is 1.35. The van der Waals surface area contributed by atoms with E-state index in [9.17, 15) is 0 Å². The van der Waals surface area contributed by atoms with Crippen LogP contribution in [0.4, 0.5) is 0 Å². The van der Waals surface area contributed by atoms with E-state index in [-0.39, 0.29) is 0 Å². The highest BCUT2D eigenvalue weighted by atomic mass is 35.5. The summed E-state index contributed by atoms with van der Waals surface area (Å²) in [5, 5.41) is 5.01. The molecule has 0 aliphatic rings. The number of halogens is 1. The Hall–Kier alpha value is -1.28. The van der Waals surface area contributed by atoms with Crippen molar-refractivity contribution in [3.63, 3.8) is 0 Å². The molecule has 14 heavy (non-hydrogen) atoms. The first-order valence-electron chi connectivity index (χ1n) is 4.49. The molecule has 0 aliphatic carbocycles. The maximum absolute atomic E-state index is 5.91. The molecule has 0 unspecified atom stereocenters. The van der Waals surface area contributed by atoms with Crippen molar-refractivity contribution in [2.24, 2.45) is 0 Å². The van der Waals surface area contributed by atoms with E-state index in [0.29, 0.717) is 0 Å². The smallest absolute Gasteiger partial charge is 0.0815 e. The van der Waals surface area contributed by atoms with Gasteiger partial charge in [-0.05, 0) is 12.5 Å². The monoisotopic (exact) mass is 206 g/mol. The Morgan fingerprint density at radius 2 is 2.00 bits per heavy atom. The highest BCUT2D eigenvalue weighted by Crippen LogP contribution is 2.13. The van der Waals surface area contributed by atoms with Gasteiger partial charge in [0, 0.05) is 6.20 Å². The van der Waals surface area contributed by atoms with Gasteiger partial charge in [0.2, 0.25) is 0 Å². The van der Waals surface area contributed by atoms with E-state index in [0.717, 1.165) is 17.3 Å². The number of nitrogens with zero attached hydrogens (tertiary/aromatic N) is 2. The molecule has 2 aromatic rings. The molecule has 0 amide bonds. The number of rotatable bonds is 2. The molecule has 0 spiro atoms. The van der Waals surface area contributed by atoms with E-state index >= 15 is 0 Å². The average molecular weight is 207 g/mol. The maximum Gasteiger partial charge on any atom is 0.0815 e. The lowest BCUT2D eigenvalue weighted by Gasteiger charge is -2.00. The second kappa shape index (κ2) is 3.84. The minimum atomic E-state index is 0.723. The van der Waals surface area contributed by atoms with Gasteiger partial charge in [-0.3, -0.25) is 4.68 Å². The van der Waals surface area contributed by atoms with Crippen molar-refractivity contribution in [1.82, 2.24) is 9.78 Å². The van der Waals surface area contributed by atoms with Gasteiger partial charge in [0.15, 0.2) is 0 Å². The highest BCUT2D eigenvalue weighted by molar-refractivity contribution is 6.31. The van der Waals surface area contributed by atoms with Crippen molar-refractivity contribution in [1.29, 1.82) is 0 Å². The fraction of sp³-hybridized carbons (Fsp3) is 0.182. The Morgan fingerprint density at radius 1 is 1.29 bits per heavy atom. The first-order chi connectivity index (χ1) is 6.75. The van der Waals surface area contributed by atoms with Crippen LogP contribution in [-0.2, 0) is 6.54 Å². The van der Waals surface area contributed by atoms with Crippen LogP contribution in [0.25, 0.3) is 0 Å². The first kappa shape index (κ1) is 9.28. The molecule has 0 saturated heterocycles. The van der Waals surface area contributed by atoms with Crippen LogP contribution < -0.4 is 0 Å².